The highest BCUT2D eigenvalue weighted by molar-refractivity contribution is 6.30. The minimum Gasteiger partial charge on any atom is -0.339 e. The van der Waals surface area contributed by atoms with Gasteiger partial charge in [0.25, 0.3) is 5.91 Å². The number of aryl methyl sites for hydroxylation is 1. The second-order valence-corrected chi connectivity index (χ2v) is 6.30. The van der Waals surface area contributed by atoms with E-state index in [2.05, 4.69) is 5.10 Å². The summed E-state index contributed by atoms with van der Waals surface area (Å²) < 4.78 is 1.71. The molecule has 1 aliphatic heterocycles. The maximum atomic E-state index is 12.7. The molecule has 2 amide bonds. The first-order chi connectivity index (χ1) is 11.5. The van der Waals surface area contributed by atoms with Gasteiger partial charge in [-0.1, -0.05) is 17.7 Å². The van der Waals surface area contributed by atoms with Crippen LogP contribution in [0.4, 0.5) is 0 Å². The van der Waals surface area contributed by atoms with Crippen LogP contribution in [0.25, 0.3) is 5.69 Å². The molecule has 1 fully saturated rings. The molecule has 0 N–H and O–H groups in total. The number of amides is 2. The molecule has 2 heterocycles. The van der Waals surface area contributed by atoms with E-state index < -0.39 is 0 Å². The zero-order valence-electron chi connectivity index (χ0n) is 13.7. The van der Waals surface area contributed by atoms with Gasteiger partial charge in [0.15, 0.2) is 5.69 Å². The van der Waals surface area contributed by atoms with Gasteiger partial charge in [-0.25, -0.2) is 4.68 Å². The molecular weight excluding hydrogens is 328 g/mol. The summed E-state index contributed by atoms with van der Waals surface area (Å²) >= 11 is 6.03. The Hall–Kier alpha value is -2.34. The number of halogens is 1. The lowest BCUT2D eigenvalue weighted by Crippen LogP contribution is -2.50. The first kappa shape index (κ1) is 16.5. The van der Waals surface area contributed by atoms with Crippen LogP contribution in [0.1, 0.15) is 23.1 Å². The molecule has 1 aromatic heterocycles. The van der Waals surface area contributed by atoms with Gasteiger partial charge in [-0.15, -0.1) is 0 Å². The van der Waals surface area contributed by atoms with Gasteiger partial charge in [-0.3, -0.25) is 9.59 Å². The van der Waals surface area contributed by atoms with Crippen LogP contribution >= 0.6 is 11.6 Å². The van der Waals surface area contributed by atoms with Gasteiger partial charge < -0.3 is 9.80 Å². The topological polar surface area (TPSA) is 58.4 Å². The molecule has 0 aliphatic carbocycles. The van der Waals surface area contributed by atoms with Gasteiger partial charge in [0.2, 0.25) is 5.91 Å². The van der Waals surface area contributed by atoms with Crippen molar-refractivity contribution in [2.24, 2.45) is 0 Å². The molecule has 3 rings (SSSR count). The van der Waals surface area contributed by atoms with Crippen LogP contribution in [0.15, 0.2) is 30.3 Å². The number of aromatic nitrogens is 2. The van der Waals surface area contributed by atoms with Crippen molar-refractivity contribution in [3.05, 3.63) is 46.7 Å². The number of hydrogen-bond donors (Lipinski definition) is 0. The van der Waals surface area contributed by atoms with Crippen molar-refractivity contribution >= 4 is 23.4 Å². The van der Waals surface area contributed by atoms with Crippen LogP contribution in [0, 0.1) is 6.92 Å². The minimum atomic E-state index is -0.109. The lowest BCUT2D eigenvalue weighted by atomic mass is 10.2. The fourth-order valence-corrected chi connectivity index (χ4v) is 3.02. The molecule has 0 radical (unpaired) electrons. The predicted molar refractivity (Wildman–Crippen MR) is 91.5 cm³/mol. The zero-order valence-corrected chi connectivity index (χ0v) is 14.5. The largest absolute Gasteiger partial charge is 0.339 e. The number of rotatable bonds is 2. The summed E-state index contributed by atoms with van der Waals surface area (Å²) in [5.74, 6) is -0.0646. The zero-order chi connectivity index (χ0) is 17.3. The van der Waals surface area contributed by atoms with Crippen molar-refractivity contribution in [2.45, 2.75) is 13.8 Å². The highest BCUT2D eigenvalue weighted by atomic mass is 35.5. The molecular formula is C17H19ClN4O2. The van der Waals surface area contributed by atoms with E-state index in [1.807, 2.05) is 19.1 Å². The third-order valence-corrected chi connectivity index (χ3v) is 4.41. The number of carbonyl (C=O) groups excluding carboxylic acids is 2. The summed E-state index contributed by atoms with van der Waals surface area (Å²) in [7, 11) is 0. The average molecular weight is 347 g/mol. The highest BCUT2D eigenvalue weighted by Gasteiger charge is 2.25. The van der Waals surface area contributed by atoms with Gasteiger partial charge in [-0.05, 0) is 31.2 Å². The molecule has 6 nitrogen and oxygen atoms in total. The Balaban J connectivity index is 1.77. The summed E-state index contributed by atoms with van der Waals surface area (Å²) in [5, 5.41) is 5.06. The number of benzene rings is 1. The molecule has 1 saturated heterocycles. The number of piperazine rings is 1. The standard InChI is InChI=1S/C17H19ClN4O2/c1-12-10-16(19-22(12)15-5-3-4-14(18)11-15)17(24)21-8-6-20(7-9-21)13(2)23/h3-5,10-11H,6-9H2,1-2H3. The Labute approximate surface area is 145 Å². The number of hydrogen-bond acceptors (Lipinski definition) is 3. The molecule has 0 spiro atoms. The molecule has 1 aromatic carbocycles. The lowest BCUT2D eigenvalue weighted by molar-refractivity contribution is -0.130. The van der Waals surface area contributed by atoms with Crippen molar-refractivity contribution < 1.29 is 9.59 Å². The van der Waals surface area contributed by atoms with E-state index in [9.17, 15) is 9.59 Å². The van der Waals surface area contributed by atoms with E-state index >= 15 is 0 Å². The second-order valence-electron chi connectivity index (χ2n) is 5.86. The monoisotopic (exact) mass is 346 g/mol. The molecule has 0 atom stereocenters. The van der Waals surface area contributed by atoms with E-state index in [4.69, 9.17) is 11.6 Å². The normalized spacial score (nSPS) is 14.8. The van der Waals surface area contributed by atoms with Crippen molar-refractivity contribution in [1.29, 1.82) is 0 Å². The Morgan fingerprint density at radius 3 is 2.38 bits per heavy atom. The predicted octanol–water partition coefficient (Wildman–Crippen LogP) is 2.14. The SMILES string of the molecule is CC(=O)N1CCN(C(=O)c2cc(C)n(-c3cccc(Cl)c3)n2)CC1. The lowest BCUT2D eigenvalue weighted by Gasteiger charge is -2.33. The Bertz CT molecular complexity index is 779. The molecule has 7 heteroatoms. The minimum absolute atomic E-state index is 0.0446. The maximum Gasteiger partial charge on any atom is 0.274 e. The van der Waals surface area contributed by atoms with Crippen LogP contribution in [0.5, 0.6) is 0 Å². The Kier molecular flexibility index (Phi) is 4.57. The second kappa shape index (κ2) is 6.65. The Morgan fingerprint density at radius 1 is 1.08 bits per heavy atom. The maximum absolute atomic E-state index is 12.7. The first-order valence-electron chi connectivity index (χ1n) is 7.83. The van der Waals surface area contributed by atoms with Crippen LogP contribution in [0.3, 0.4) is 0 Å². The third kappa shape index (κ3) is 3.28. The molecule has 1 aliphatic rings. The molecule has 24 heavy (non-hydrogen) atoms. The van der Waals surface area contributed by atoms with Gasteiger partial charge in [0.05, 0.1) is 5.69 Å². The molecule has 2 aromatic rings. The molecule has 126 valence electrons. The van der Waals surface area contributed by atoms with Gasteiger partial charge >= 0.3 is 0 Å². The van der Waals surface area contributed by atoms with E-state index in [-0.39, 0.29) is 11.8 Å². The summed E-state index contributed by atoms with van der Waals surface area (Å²) in [6, 6.07) is 9.12. The highest BCUT2D eigenvalue weighted by Crippen LogP contribution is 2.18. The van der Waals surface area contributed by atoms with Crippen molar-refractivity contribution in [3.8, 4) is 5.69 Å². The van der Waals surface area contributed by atoms with Crippen molar-refractivity contribution in [2.75, 3.05) is 26.2 Å². The van der Waals surface area contributed by atoms with Crippen LogP contribution in [-0.4, -0.2) is 57.6 Å². The summed E-state index contributed by atoms with van der Waals surface area (Å²) in [4.78, 5) is 27.5. The summed E-state index contributed by atoms with van der Waals surface area (Å²) in [6.45, 7) is 5.64. The fourth-order valence-electron chi connectivity index (χ4n) is 2.83. The van der Waals surface area contributed by atoms with E-state index in [1.54, 1.807) is 39.6 Å². The molecule has 0 bridgehead atoms. The average Bonchev–Trinajstić information content (AvgIpc) is 2.96. The summed E-state index contributed by atoms with van der Waals surface area (Å²) in [5.41, 5.74) is 2.09. The molecule has 0 unspecified atom stereocenters. The van der Waals surface area contributed by atoms with E-state index in [0.717, 1.165) is 11.4 Å². The van der Waals surface area contributed by atoms with E-state index in [1.165, 1.54) is 0 Å². The smallest absolute Gasteiger partial charge is 0.274 e. The first-order valence-corrected chi connectivity index (χ1v) is 8.21. The Morgan fingerprint density at radius 2 is 1.75 bits per heavy atom. The fraction of sp³-hybridized carbons (Fsp3) is 0.353. The van der Waals surface area contributed by atoms with Gasteiger partial charge in [0.1, 0.15) is 0 Å². The number of carbonyl (C=O) groups is 2. The van der Waals surface area contributed by atoms with Crippen LogP contribution in [-0.2, 0) is 4.79 Å². The quantitative estimate of drug-likeness (QED) is 0.837. The molecule has 0 saturated carbocycles. The van der Waals surface area contributed by atoms with E-state index in [0.29, 0.717) is 36.9 Å². The van der Waals surface area contributed by atoms with Gasteiger partial charge in [-0.2, -0.15) is 5.10 Å². The van der Waals surface area contributed by atoms with Crippen LogP contribution in [0.2, 0.25) is 5.02 Å². The van der Waals surface area contributed by atoms with Crippen molar-refractivity contribution in [3.63, 3.8) is 0 Å². The number of nitrogens with zero attached hydrogens (tertiary/aromatic N) is 4. The van der Waals surface area contributed by atoms with Crippen molar-refractivity contribution in [1.82, 2.24) is 19.6 Å². The van der Waals surface area contributed by atoms with Crippen LogP contribution < -0.4 is 0 Å². The third-order valence-electron chi connectivity index (χ3n) is 4.17. The van der Waals surface area contributed by atoms with Gasteiger partial charge in [0, 0.05) is 43.8 Å². The summed E-state index contributed by atoms with van der Waals surface area (Å²) in [6.07, 6.45) is 0.